The summed E-state index contributed by atoms with van der Waals surface area (Å²) in [6.07, 6.45) is 3.03. The quantitative estimate of drug-likeness (QED) is 0.566. The summed E-state index contributed by atoms with van der Waals surface area (Å²) in [5.74, 6) is -0.429. The molecule has 0 spiro atoms. The zero-order valence-electron chi connectivity index (χ0n) is 19.3. The van der Waals surface area contributed by atoms with Gasteiger partial charge in [0.15, 0.2) is 0 Å². The second-order valence-electron chi connectivity index (χ2n) is 7.70. The standard InChI is InChI=1S/C22H34FN5O3/c1-7-10-14(4)31-19-12-18(28-22(30)27(6)20(26-28)13-24-5)17(23)11-16(19)21(29)25-15(8-2)9-3/h11-12,14-15,24H,7-10,13H2,1-6H3,(H,25,29)/t14-/m0/s1. The summed E-state index contributed by atoms with van der Waals surface area (Å²) in [5.41, 5.74) is -0.429. The van der Waals surface area contributed by atoms with E-state index in [-0.39, 0.29) is 29.1 Å². The Kier molecular flexibility index (Phi) is 8.79. The zero-order valence-corrected chi connectivity index (χ0v) is 19.3. The highest BCUT2D eigenvalue weighted by atomic mass is 19.1. The SMILES string of the molecule is CCC[C@H](C)Oc1cc(-n2nc(CNC)n(C)c2=O)c(F)cc1C(=O)NC(CC)CC. The highest BCUT2D eigenvalue weighted by Crippen LogP contribution is 2.27. The predicted octanol–water partition coefficient (Wildman–Crippen LogP) is 2.92. The van der Waals surface area contributed by atoms with E-state index in [1.54, 1.807) is 14.1 Å². The van der Waals surface area contributed by atoms with E-state index in [0.29, 0.717) is 12.4 Å². The number of hydrogen-bond acceptors (Lipinski definition) is 5. The van der Waals surface area contributed by atoms with Crippen LogP contribution in [0.5, 0.6) is 5.75 Å². The molecule has 0 unspecified atom stereocenters. The molecule has 0 fully saturated rings. The molecule has 0 bridgehead atoms. The van der Waals surface area contributed by atoms with Crippen LogP contribution in [0.4, 0.5) is 4.39 Å². The van der Waals surface area contributed by atoms with Crippen LogP contribution < -0.4 is 21.1 Å². The van der Waals surface area contributed by atoms with E-state index >= 15 is 4.39 Å². The van der Waals surface area contributed by atoms with Gasteiger partial charge in [-0.2, -0.15) is 4.68 Å². The van der Waals surface area contributed by atoms with E-state index in [0.717, 1.165) is 36.4 Å². The third kappa shape index (κ3) is 5.72. The maximum absolute atomic E-state index is 15.1. The number of aromatic nitrogens is 3. The third-order valence-electron chi connectivity index (χ3n) is 5.27. The minimum atomic E-state index is -0.721. The highest BCUT2D eigenvalue weighted by molar-refractivity contribution is 5.97. The molecule has 31 heavy (non-hydrogen) atoms. The number of halogens is 1. The van der Waals surface area contributed by atoms with Crippen LogP contribution in [0.3, 0.4) is 0 Å². The van der Waals surface area contributed by atoms with Crippen LogP contribution >= 0.6 is 0 Å². The van der Waals surface area contributed by atoms with E-state index in [9.17, 15) is 9.59 Å². The Labute approximate surface area is 182 Å². The van der Waals surface area contributed by atoms with Crippen molar-refractivity contribution in [1.82, 2.24) is 25.0 Å². The molecule has 1 heterocycles. The fourth-order valence-corrected chi connectivity index (χ4v) is 3.36. The Hall–Kier alpha value is -2.68. The fraction of sp³-hybridized carbons (Fsp3) is 0.591. The number of rotatable bonds is 11. The van der Waals surface area contributed by atoms with Gasteiger partial charge in [0.2, 0.25) is 0 Å². The van der Waals surface area contributed by atoms with E-state index < -0.39 is 17.4 Å². The summed E-state index contributed by atoms with van der Waals surface area (Å²) in [4.78, 5) is 25.5. The molecule has 2 rings (SSSR count). The van der Waals surface area contributed by atoms with Crippen LogP contribution in [-0.4, -0.2) is 39.4 Å². The maximum atomic E-state index is 15.1. The molecule has 172 valence electrons. The second kappa shape index (κ2) is 11.1. The average Bonchev–Trinajstić information content (AvgIpc) is 3.01. The number of benzene rings is 1. The van der Waals surface area contributed by atoms with E-state index in [4.69, 9.17) is 4.74 Å². The Morgan fingerprint density at radius 1 is 1.26 bits per heavy atom. The Morgan fingerprint density at radius 3 is 2.52 bits per heavy atom. The number of nitrogens with one attached hydrogen (secondary N) is 2. The fourth-order valence-electron chi connectivity index (χ4n) is 3.36. The molecule has 0 saturated carbocycles. The molecule has 0 saturated heterocycles. The molecule has 0 aliphatic carbocycles. The number of hydrogen-bond donors (Lipinski definition) is 2. The van der Waals surface area contributed by atoms with Gasteiger partial charge in [0.05, 0.1) is 18.2 Å². The van der Waals surface area contributed by atoms with Crippen molar-refractivity contribution in [3.05, 3.63) is 39.8 Å². The van der Waals surface area contributed by atoms with Crippen molar-refractivity contribution in [2.75, 3.05) is 7.05 Å². The van der Waals surface area contributed by atoms with Gasteiger partial charge in [0.1, 0.15) is 23.1 Å². The Balaban J connectivity index is 2.56. The Morgan fingerprint density at radius 2 is 1.94 bits per heavy atom. The van der Waals surface area contributed by atoms with Gasteiger partial charge >= 0.3 is 5.69 Å². The van der Waals surface area contributed by atoms with Crippen molar-refractivity contribution in [3.63, 3.8) is 0 Å². The molecular formula is C22H34FN5O3. The monoisotopic (exact) mass is 435 g/mol. The molecule has 2 N–H and O–H groups in total. The van der Waals surface area contributed by atoms with Crippen LogP contribution in [0.2, 0.25) is 0 Å². The molecule has 1 amide bonds. The largest absolute Gasteiger partial charge is 0.490 e. The summed E-state index contributed by atoms with van der Waals surface area (Å²) in [6.45, 7) is 8.25. The smallest absolute Gasteiger partial charge is 0.350 e. The van der Waals surface area contributed by atoms with E-state index in [1.807, 2.05) is 27.7 Å². The van der Waals surface area contributed by atoms with Crippen molar-refractivity contribution in [2.24, 2.45) is 7.05 Å². The summed E-state index contributed by atoms with van der Waals surface area (Å²) >= 11 is 0. The van der Waals surface area contributed by atoms with Crippen molar-refractivity contribution < 1.29 is 13.9 Å². The van der Waals surface area contributed by atoms with Gasteiger partial charge in [-0.15, -0.1) is 5.10 Å². The van der Waals surface area contributed by atoms with Crippen LogP contribution in [0.25, 0.3) is 5.69 Å². The topological polar surface area (TPSA) is 90.2 Å². The summed E-state index contributed by atoms with van der Waals surface area (Å²) in [5, 5.41) is 10.1. The molecule has 1 aromatic heterocycles. The zero-order chi connectivity index (χ0) is 23.1. The summed E-state index contributed by atoms with van der Waals surface area (Å²) < 4.78 is 23.5. The third-order valence-corrected chi connectivity index (χ3v) is 5.27. The first-order chi connectivity index (χ1) is 14.8. The van der Waals surface area contributed by atoms with Gasteiger partial charge in [0.25, 0.3) is 5.91 Å². The number of carbonyl (C=O) groups is 1. The highest BCUT2D eigenvalue weighted by Gasteiger charge is 2.23. The molecular weight excluding hydrogens is 401 g/mol. The number of ether oxygens (including phenoxy) is 1. The van der Waals surface area contributed by atoms with E-state index in [1.165, 1.54) is 10.6 Å². The van der Waals surface area contributed by atoms with Crippen molar-refractivity contribution in [2.45, 2.75) is 72.1 Å². The molecule has 9 heteroatoms. The molecule has 1 aromatic carbocycles. The van der Waals surface area contributed by atoms with Gasteiger partial charge < -0.3 is 15.4 Å². The van der Waals surface area contributed by atoms with Gasteiger partial charge in [-0.05, 0) is 39.3 Å². The van der Waals surface area contributed by atoms with E-state index in [2.05, 4.69) is 15.7 Å². The molecule has 2 aromatic rings. The van der Waals surface area contributed by atoms with Crippen LogP contribution in [0, 0.1) is 5.82 Å². The minimum Gasteiger partial charge on any atom is -0.490 e. The molecule has 0 aliphatic rings. The maximum Gasteiger partial charge on any atom is 0.350 e. The summed E-state index contributed by atoms with van der Waals surface area (Å²) in [6, 6.07) is 2.50. The van der Waals surface area contributed by atoms with Gasteiger partial charge in [-0.25, -0.2) is 9.18 Å². The molecule has 0 aliphatic heterocycles. The van der Waals surface area contributed by atoms with Crippen LogP contribution in [0.15, 0.2) is 16.9 Å². The molecule has 8 nitrogen and oxygen atoms in total. The summed E-state index contributed by atoms with van der Waals surface area (Å²) in [7, 11) is 3.31. The van der Waals surface area contributed by atoms with Crippen LogP contribution in [0.1, 0.15) is 69.6 Å². The lowest BCUT2D eigenvalue weighted by molar-refractivity contribution is 0.0927. The first-order valence-electron chi connectivity index (χ1n) is 10.9. The van der Waals surface area contributed by atoms with Gasteiger partial charge in [-0.3, -0.25) is 9.36 Å². The van der Waals surface area contributed by atoms with Crippen molar-refractivity contribution >= 4 is 5.91 Å². The Bertz CT molecular complexity index is 949. The molecule has 1 atom stereocenters. The normalized spacial score (nSPS) is 12.3. The minimum absolute atomic E-state index is 0.0151. The second-order valence-corrected chi connectivity index (χ2v) is 7.70. The lowest BCUT2D eigenvalue weighted by atomic mass is 10.1. The average molecular weight is 436 g/mol. The lowest BCUT2D eigenvalue weighted by Gasteiger charge is -2.20. The first-order valence-corrected chi connectivity index (χ1v) is 10.9. The number of nitrogens with zero attached hydrogens (tertiary/aromatic N) is 3. The van der Waals surface area contributed by atoms with Gasteiger partial charge in [-0.1, -0.05) is 27.2 Å². The number of carbonyl (C=O) groups excluding carboxylic acids is 1. The van der Waals surface area contributed by atoms with Crippen molar-refractivity contribution in [3.8, 4) is 11.4 Å². The first kappa shape index (κ1) is 24.6. The van der Waals surface area contributed by atoms with Crippen LogP contribution in [-0.2, 0) is 13.6 Å². The lowest BCUT2D eigenvalue weighted by Crippen LogP contribution is -2.34. The predicted molar refractivity (Wildman–Crippen MR) is 118 cm³/mol. The van der Waals surface area contributed by atoms with Gasteiger partial charge in [0, 0.05) is 19.2 Å². The number of amides is 1. The molecule has 0 radical (unpaired) electrons. The van der Waals surface area contributed by atoms with Crippen molar-refractivity contribution in [1.29, 1.82) is 0 Å².